The van der Waals surface area contributed by atoms with Gasteiger partial charge >= 0.3 is 0 Å². The van der Waals surface area contributed by atoms with E-state index in [1.165, 1.54) is 31.3 Å². The number of carbonyl (C=O) groups is 1. The van der Waals surface area contributed by atoms with E-state index in [0.717, 1.165) is 34.0 Å². The predicted molar refractivity (Wildman–Crippen MR) is 103 cm³/mol. The van der Waals surface area contributed by atoms with Gasteiger partial charge in [-0.05, 0) is 55.7 Å². The highest BCUT2D eigenvalue weighted by Crippen LogP contribution is 2.28. The number of nitrogens with zero attached hydrogens (tertiary/aromatic N) is 2. The molecule has 2 aromatic carbocycles. The molecule has 0 spiro atoms. The third-order valence-corrected chi connectivity index (χ3v) is 6.60. The van der Waals surface area contributed by atoms with Gasteiger partial charge in [-0.1, -0.05) is 29.3 Å². The molecule has 0 N–H and O–H groups in total. The van der Waals surface area contributed by atoms with Crippen molar-refractivity contribution in [2.45, 2.75) is 24.7 Å². The Hall–Kier alpha value is -1.89. The molecule has 0 fully saturated rings. The van der Waals surface area contributed by atoms with Crippen molar-refractivity contribution < 1.29 is 13.2 Å². The van der Waals surface area contributed by atoms with E-state index < -0.39 is 10.0 Å². The maximum absolute atomic E-state index is 12.8. The van der Waals surface area contributed by atoms with E-state index in [9.17, 15) is 13.2 Å². The number of likely N-dealkylation sites (N-methyl/N-ethyl adjacent to an activating group) is 1. The van der Waals surface area contributed by atoms with Crippen molar-refractivity contribution in [1.29, 1.82) is 0 Å². The number of aryl methyl sites for hydroxylation is 2. The molecule has 0 bridgehead atoms. The molecule has 0 aliphatic carbocycles. The van der Waals surface area contributed by atoms with E-state index in [0.29, 0.717) is 11.6 Å². The minimum atomic E-state index is -3.75. The van der Waals surface area contributed by atoms with Crippen LogP contribution in [-0.2, 0) is 21.2 Å². The standard InChI is InChI=1S/C19H21ClN2O3S/c1-14-5-10-18-15(12-14)4-3-11-22(18)19(23)13-21(2)26(24,25)17-8-6-16(20)7-9-17/h5-10,12H,3-4,11,13H2,1-2H3. The summed E-state index contributed by atoms with van der Waals surface area (Å²) in [6, 6.07) is 11.9. The third-order valence-electron chi connectivity index (χ3n) is 4.53. The van der Waals surface area contributed by atoms with Gasteiger partial charge in [0.25, 0.3) is 0 Å². The van der Waals surface area contributed by atoms with Crippen molar-refractivity contribution in [3.8, 4) is 0 Å². The summed E-state index contributed by atoms with van der Waals surface area (Å²) in [5.41, 5.74) is 3.16. The normalized spacial score (nSPS) is 14.4. The molecule has 3 rings (SSSR count). The summed E-state index contributed by atoms with van der Waals surface area (Å²) < 4.78 is 26.4. The molecule has 2 aromatic rings. The first kappa shape index (κ1) is 18.9. The summed E-state index contributed by atoms with van der Waals surface area (Å²) in [5.74, 6) is -0.227. The van der Waals surface area contributed by atoms with Crippen LogP contribution in [0.4, 0.5) is 5.69 Å². The highest BCUT2D eigenvalue weighted by molar-refractivity contribution is 7.89. The Kier molecular flexibility index (Phi) is 5.37. The zero-order chi connectivity index (χ0) is 18.9. The highest BCUT2D eigenvalue weighted by atomic mass is 35.5. The lowest BCUT2D eigenvalue weighted by atomic mass is 9.99. The van der Waals surface area contributed by atoms with Gasteiger partial charge in [-0.25, -0.2) is 8.42 Å². The fourth-order valence-electron chi connectivity index (χ4n) is 3.13. The second-order valence-electron chi connectivity index (χ2n) is 6.50. The van der Waals surface area contributed by atoms with Crippen molar-refractivity contribution in [3.05, 3.63) is 58.6 Å². The van der Waals surface area contributed by atoms with Gasteiger partial charge in [0, 0.05) is 24.3 Å². The van der Waals surface area contributed by atoms with Crippen LogP contribution in [0.3, 0.4) is 0 Å². The summed E-state index contributed by atoms with van der Waals surface area (Å²) in [6.45, 7) is 2.41. The molecular weight excluding hydrogens is 372 g/mol. The van der Waals surface area contributed by atoms with Crippen LogP contribution >= 0.6 is 11.6 Å². The number of rotatable bonds is 4. The van der Waals surface area contributed by atoms with E-state index in [1.54, 1.807) is 4.90 Å². The van der Waals surface area contributed by atoms with Gasteiger partial charge < -0.3 is 4.90 Å². The molecular formula is C19H21ClN2O3S. The zero-order valence-electron chi connectivity index (χ0n) is 14.8. The molecule has 0 saturated carbocycles. The van der Waals surface area contributed by atoms with Crippen LogP contribution < -0.4 is 4.90 Å². The molecule has 138 valence electrons. The van der Waals surface area contributed by atoms with Crippen molar-refractivity contribution >= 4 is 33.2 Å². The molecule has 0 unspecified atom stereocenters. The lowest BCUT2D eigenvalue weighted by Crippen LogP contribution is -2.43. The summed E-state index contributed by atoms with van der Waals surface area (Å²) in [7, 11) is -2.33. The van der Waals surface area contributed by atoms with Crippen LogP contribution in [0.15, 0.2) is 47.4 Å². The number of carbonyl (C=O) groups excluding carboxylic acids is 1. The van der Waals surface area contributed by atoms with E-state index >= 15 is 0 Å². The SMILES string of the molecule is Cc1ccc2c(c1)CCCN2C(=O)CN(C)S(=O)(=O)c1ccc(Cl)cc1. The Morgan fingerprint density at radius 1 is 1.19 bits per heavy atom. The molecule has 1 aliphatic rings. The molecule has 1 aliphatic heterocycles. The number of sulfonamides is 1. The minimum absolute atomic E-state index is 0.117. The Balaban J connectivity index is 1.79. The quantitative estimate of drug-likeness (QED) is 0.802. The van der Waals surface area contributed by atoms with Gasteiger partial charge in [0.05, 0.1) is 11.4 Å². The van der Waals surface area contributed by atoms with Crippen molar-refractivity contribution in [3.63, 3.8) is 0 Å². The van der Waals surface area contributed by atoms with Crippen LogP contribution in [0.25, 0.3) is 0 Å². The Morgan fingerprint density at radius 2 is 1.88 bits per heavy atom. The number of amides is 1. The van der Waals surface area contributed by atoms with Crippen LogP contribution in [-0.4, -0.2) is 38.8 Å². The lowest BCUT2D eigenvalue weighted by Gasteiger charge is -2.31. The number of hydrogen-bond donors (Lipinski definition) is 0. The van der Waals surface area contributed by atoms with Gasteiger partial charge in [-0.15, -0.1) is 0 Å². The minimum Gasteiger partial charge on any atom is -0.311 e. The van der Waals surface area contributed by atoms with E-state index in [4.69, 9.17) is 11.6 Å². The average Bonchev–Trinajstić information content (AvgIpc) is 2.61. The monoisotopic (exact) mass is 392 g/mol. The van der Waals surface area contributed by atoms with E-state index in [1.807, 2.05) is 19.1 Å². The maximum Gasteiger partial charge on any atom is 0.243 e. The van der Waals surface area contributed by atoms with Crippen molar-refractivity contribution in [2.75, 3.05) is 25.0 Å². The molecule has 26 heavy (non-hydrogen) atoms. The van der Waals surface area contributed by atoms with Gasteiger partial charge in [-0.2, -0.15) is 4.31 Å². The fourth-order valence-corrected chi connectivity index (χ4v) is 4.38. The molecule has 0 atom stereocenters. The molecule has 7 heteroatoms. The molecule has 0 aromatic heterocycles. The fraction of sp³-hybridized carbons (Fsp3) is 0.316. The van der Waals surface area contributed by atoms with E-state index in [-0.39, 0.29) is 17.3 Å². The van der Waals surface area contributed by atoms with Gasteiger partial charge in [0.15, 0.2) is 0 Å². The highest BCUT2D eigenvalue weighted by Gasteiger charge is 2.28. The summed E-state index contributed by atoms with van der Waals surface area (Å²) in [4.78, 5) is 14.6. The second kappa shape index (κ2) is 7.39. The second-order valence-corrected chi connectivity index (χ2v) is 8.98. The summed E-state index contributed by atoms with van der Waals surface area (Å²) >= 11 is 5.82. The van der Waals surface area contributed by atoms with Crippen molar-refractivity contribution in [2.24, 2.45) is 0 Å². The Morgan fingerprint density at radius 3 is 2.58 bits per heavy atom. The molecule has 1 heterocycles. The molecule has 0 saturated heterocycles. The first-order valence-electron chi connectivity index (χ1n) is 8.41. The van der Waals surface area contributed by atoms with Crippen LogP contribution in [0, 0.1) is 6.92 Å². The van der Waals surface area contributed by atoms with Gasteiger partial charge in [0.2, 0.25) is 15.9 Å². The van der Waals surface area contributed by atoms with Gasteiger partial charge in [0.1, 0.15) is 0 Å². The lowest BCUT2D eigenvalue weighted by molar-refractivity contribution is -0.118. The number of halogens is 1. The largest absolute Gasteiger partial charge is 0.311 e. The van der Waals surface area contributed by atoms with Crippen LogP contribution in [0.5, 0.6) is 0 Å². The van der Waals surface area contributed by atoms with Crippen LogP contribution in [0.1, 0.15) is 17.5 Å². The van der Waals surface area contributed by atoms with Crippen molar-refractivity contribution in [1.82, 2.24) is 4.31 Å². The summed E-state index contributed by atoms with van der Waals surface area (Å²) in [6.07, 6.45) is 1.80. The van der Waals surface area contributed by atoms with Gasteiger partial charge in [-0.3, -0.25) is 4.79 Å². The Labute approximate surface area is 159 Å². The summed E-state index contributed by atoms with van der Waals surface area (Å²) in [5, 5.41) is 0.461. The number of fused-ring (bicyclic) bond motifs is 1. The molecule has 1 amide bonds. The first-order chi connectivity index (χ1) is 12.3. The topological polar surface area (TPSA) is 57.7 Å². The van der Waals surface area contributed by atoms with E-state index in [2.05, 4.69) is 6.07 Å². The van der Waals surface area contributed by atoms with Crippen LogP contribution in [0.2, 0.25) is 5.02 Å². The number of hydrogen-bond acceptors (Lipinski definition) is 3. The maximum atomic E-state index is 12.8. The average molecular weight is 393 g/mol. The molecule has 0 radical (unpaired) electrons. The molecule has 5 nitrogen and oxygen atoms in total. The number of benzene rings is 2. The zero-order valence-corrected chi connectivity index (χ0v) is 16.3. The third kappa shape index (κ3) is 3.77. The number of anilines is 1. The Bertz CT molecular complexity index is 926. The predicted octanol–water partition coefficient (Wildman–Crippen LogP) is 3.25. The smallest absolute Gasteiger partial charge is 0.243 e. The first-order valence-corrected chi connectivity index (χ1v) is 10.2.